The predicted molar refractivity (Wildman–Crippen MR) is 76.1 cm³/mol. The minimum Gasteiger partial charge on any atom is -0.383 e. The molecule has 1 aliphatic heterocycles. The highest BCUT2D eigenvalue weighted by Gasteiger charge is 2.37. The van der Waals surface area contributed by atoms with Gasteiger partial charge in [0.1, 0.15) is 0 Å². The maximum absolute atomic E-state index is 12.3. The van der Waals surface area contributed by atoms with Gasteiger partial charge in [0.2, 0.25) is 11.8 Å². The standard InChI is InChI=1S/C15H26N2O3/c1-15(2)5-4-12(9-15)16-14(19)11-8-13(18)17(10-11)6-7-20-3/h11-12H,4-10H2,1-3H3,(H,16,19). The van der Waals surface area contributed by atoms with E-state index < -0.39 is 0 Å². The molecule has 5 nitrogen and oxygen atoms in total. The first-order valence-electron chi connectivity index (χ1n) is 7.48. The summed E-state index contributed by atoms with van der Waals surface area (Å²) in [6.07, 6.45) is 3.58. The van der Waals surface area contributed by atoms with Crippen molar-refractivity contribution in [3.05, 3.63) is 0 Å². The third-order valence-corrected chi connectivity index (χ3v) is 4.47. The Bertz CT molecular complexity index is 381. The topological polar surface area (TPSA) is 58.6 Å². The second-order valence-corrected chi connectivity index (χ2v) is 6.85. The van der Waals surface area contributed by atoms with Crippen molar-refractivity contribution in [3.63, 3.8) is 0 Å². The third-order valence-electron chi connectivity index (χ3n) is 4.47. The number of nitrogens with zero attached hydrogens (tertiary/aromatic N) is 1. The summed E-state index contributed by atoms with van der Waals surface area (Å²) in [7, 11) is 1.62. The molecule has 0 radical (unpaired) electrons. The molecule has 0 aromatic carbocycles. The van der Waals surface area contributed by atoms with E-state index in [1.807, 2.05) is 0 Å². The number of hydrogen-bond donors (Lipinski definition) is 1. The molecular weight excluding hydrogens is 256 g/mol. The predicted octanol–water partition coefficient (Wildman–Crippen LogP) is 1.18. The van der Waals surface area contributed by atoms with Crippen molar-refractivity contribution in [2.45, 2.75) is 45.6 Å². The molecule has 0 aromatic heterocycles. The number of amides is 2. The molecule has 1 aliphatic carbocycles. The number of ether oxygens (including phenoxy) is 1. The first-order chi connectivity index (χ1) is 9.41. The van der Waals surface area contributed by atoms with Crippen LogP contribution in [-0.4, -0.2) is 49.6 Å². The Balaban J connectivity index is 1.81. The van der Waals surface area contributed by atoms with Crippen LogP contribution in [0.5, 0.6) is 0 Å². The van der Waals surface area contributed by atoms with Crippen molar-refractivity contribution in [1.82, 2.24) is 10.2 Å². The molecule has 0 bridgehead atoms. The van der Waals surface area contributed by atoms with Gasteiger partial charge in [-0.05, 0) is 24.7 Å². The lowest BCUT2D eigenvalue weighted by Gasteiger charge is -2.20. The van der Waals surface area contributed by atoms with Crippen LogP contribution in [0.15, 0.2) is 0 Å². The Morgan fingerprint density at radius 3 is 2.85 bits per heavy atom. The minimum atomic E-state index is -0.192. The van der Waals surface area contributed by atoms with Crippen LogP contribution in [-0.2, 0) is 14.3 Å². The molecule has 2 aliphatic rings. The van der Waals surface area contributed by atoms with E-state index in [4.69, 9.17) is 4.74 Å². The van der Waals surface area contributed by atoms with E-state index in [-0.39, 0.29) is 23.8 Å². The molecular formula is C15H26N2O3. The van der Waals surface area contributed by atoms with Gasteiger partial charge < -0.3 is 15.0 Å². The summed E-state index contributed by atoms with van der Waals surface area (Å²) in [4.78, 5) is 25.8. The third kappa shape index (κ3) is 3.72. The zero-order chi connectivity index (χ0) is 14.8. The molecule has 1 saturated heterocycles. The number of carbonyl (C=O) groups excluding carboxylic acids is 2. The Morgan fingerprint density at radius 1 is 1.50 bits per heavy atom. The van der Waals surface area contributed by atoms with Crippen LogP contribution < -0.4 is 5.32 Å². The van der Waals surface area contributed by atoms with Crippen LogP contribution in [0.2, 0.25) is 0 Å². The summed E-state index contributed by atoms with van der Waals surface area (Å²) in [5, 5.41) is 3.12. The van der Waals surface area contributed by atoms with E-state index in [1.165, 1.54) is 0 Å². The number of nitrogens with one attached hydrogen (secondary N) is 1. The zero-order valence-corrected chi connectivity index (χ0v) is 12.8. The number of hydrogen-bond acceptors (Lipinski definition) is 3. The van der Waals surface area contributed by atoms with E-state index in [9.17, 15) is 9.59 Å². The van der Waals surface area contributed by atoms with E-state index in [2.05, 4.69) is 19.2 Å². The molecule has 0 spiro atoms. The molecule has 2 amide bonds. The monoisotopic (exact) mass is 282 g/mol. The van der Waals surface area contributed by atoms with Gasteiger partial charge in [0, 0.05) is 32.7 Å². The molecule has 2 unspecified atom stereocenters. The highest BCUT2D eigenvalue weighted by Crippen LogP contribution is 2.37. The largest absolute Gasteiger partial charge is 0.383 e. The van der Waals surface area contributed by atoms with Gasteiger partial charge in [-0.2, -0.15) is 0 Å². The second-order valence-electron chi connectivity index (χ2n) is 6.85. The fourth-order valence-corrected chi connectivity index (χ4v) is 3.24. The number of rotatable bonds is 5. The van der Waals surface area contributed by atoms with E-state index in [0.29, 0.717) is 31.5 Å². The number of carbonyl (C=O) groups is 2. The molecule has 2 rings (SSSR count). The molecule has 1 heterocycles. The van der Waals surface area contributed by atoms with Gasteiger partial charge in [-0.15, -0.1) is 0 Å². The van der Waals surface area contributed by atoms with Crippen molar-refractivity contribution in [1.29, 1.82) is 0 Å². The second kappa shape index (κ2) is 6.12. The van der Waals surface area contributed by atoms with Crippen molar-refractivity contribution in [2.75, 3.05) is 26.8 Å². The fourth-order valence-electron chi connectivity index (χ4n) is 3.24. The molecule has 1 saturated carbocycles. The lowest BCUT2D eigenvalue weighted by atomic mass is 9.92. The maximum atomic E-state index is 12.3. The zero-order valence-electron chi connectivity index (χ0n) is 12.8. The summed E-state index contributed by atoms with van der Waals surface area (Å²) in [5.41, 5.74) is 0.327. The molecule has 114 valence electrons. The number of methoxy groups -OCH3 is 1. The SMILES string of the molecule is COCCN1CC(C(=O)NC2CCC(C)(C)C2)CC1=O. The highest BCUT2D eigenvalue weighted by molar-refractivity contribution is 5.89. The Hall–Kier alpha value is -1.10. The van der Waals surface area contributed by atoms with Crippen molar-refractivity contribution < 1.29 is 14.3 Å². The molecule has 5 heteroatoms. The first kappa shape index (κ1) is 15.3. The smallest absolute Gasteiger partial charge is 0.225 e. The van der Waals surface area contributed by atoms with Gasteiger partial charge in [0.25, 0.3) is 0 Å². The minimum absolute atomic E-state index is 0.0426. The summed E-state index contributed by atoms with van der Waals surface area (Å²) in [6, 6.07) is 0.278. The fraction of sp³-hybridized carbons (Fsp3) is 0.867. The van der Waals surface area contributed by atoms with Gasteiger partial charge >= 0.3 is 0 Å². The van der Waals surface area contributed by atoms with Crippen LogP contribution in [0.25, 0.3) is 0 Å². The van der Waals surface area contributed by atoms with E-state index in [1.54, 1.807) is 12.0 Å². The van der Waals surface area contributed by atoms with Crippen molar-refractivity contribution in [2.24, 2.45) is 11.3 Å². The van der Waals surface area contributed by atoms with Gasteiger partial charge in [-0.1, -0.05) is 13.8 Å². The average molecular weight is 282 g/mol. The summed E-state index contributed by atoms with van der Waals surface area (Å²) in [5.74, 6) is -0.0852. The Morgan fingerprint density at radius 2 is 2.25 bits per heavy atom. The van der Waals surface area contributed by atoms with Crippen LogP contribution >= 0.6 is 0 Å². The first-order valence-corrected chi connectivity index (χ1v) is 7.48. The van der Waals surface area contributed by atoms with Gasteiger partial charge in [-0.25, -0.2) is 0 Å². The molecule has 1 N–H and O–H groups in total. The van der Waals surface area contributed by atoms with Crippen molar-refractivity contribution >= 4 is 11.8 Å². The van der Waals surface area contributed by atoms with Gasteiger partial charge in [0.15, 0.2) is 0 Å². The summed E-state index contributed by atoms with van der Waals surface area (Å²) < 4.78 is 4.98. The van der Waals surface area contributed by atoms with Crippen LogP contribution in [0, 0.1) is 11.3 Å². The normalized spacial score (nSPS) is 28.9. The maximum Gasteiger partial charge on any atom is 0.225 e. The van der Waals surface area contributed by atoms with Crippen LogP contribution in [0.1, 0.15) is 39.5 Å². The lowest BCUT2D eigenvalue weighted by molar-refractivity contribution is -0.129. The highest BCUT2D eigenvalue weighted by atomic mass is 16.5. The lowest BCUT2D eigenvalue weighted by Crippen LogP contribution is -2.39. The molecule has 20 heavy (non-hydrogen) atoms. The summed E-state index contributed by atoms with van der Waals surface area (Å²) in [6.45, 7) is 6.12. The van der Waals surface area contributed by atoms with Crippen LogP contribution in [0.4, 0.5) is 0 Å². The summed E-state index contributed by atoms with van der Waals surface area (Å²) >= 11 is 0. The number of likely N-dealkylation sites (tertiary alicyclic amines) is 1. The van der Waals surface area contributed by atoms with E-state index in [0.717, 1.165) is 19.3 Å². The van der Waals surface area contributed by atoms with Gasteiger partial charge in [0.05, 0.1) is 12.5 Å². The Kier molecular flexibility index (Phi) is 4.68. The molecule has 2 atom stereocenters. The Labute approximate surface area is 121 Å². The van der Waals surface area contributed by atoms with Crippen LogP contribution in [0.3, 0.4) is 0 Å². The molecule has 0 aromatic rings. The average Bonchev–Trinajstić information content (AvgIpc) is 2.90. The van der Waals surface area contributed by atoms with E-state index >= 15 is 0 Å². The van der Waals surface area contributed by atoms with Gasteiger partial charge in [-0.3, -0.25) is 9.59 Å². The molecule has 2 fully saturated rings. The quantitative estimate of drug-likeness (QED) is 0.823. The van der Waals surface area contributed by atoms with Crippen molar-refractivity contribution in [3.8, 4) is 0 Å².